The van der Waals surface area contributed by atoms with Crippen LogP contribution in [0.5, 0.6) is 5.75 Å². The lowest BCUT2D eigenvalue weighted by atomic mass is 10.1. The zero-order chi connectivity index (χ0) is 29.1. The first-order valence-corrected chi connectivity index (χ1v) is 15.7. The lowest BCUT2D eigenvalue weighted by Crippen LogP contribution is -2.32. The molecule has 1 amide bonds. The predicted molar refractivity (Wildman–Crippen MR) is 166 cm³/mol. The predicted octanol–water partition coefficient (Wildman–Crippen LogP) is 6.51. The van der Waals surface area contributed by atoms with Crippen molar-refractivity contribution in [2.45, 2.75) is 6.61 Å². The number of carbonyl (C=O) groups is 1. The maximum Gasteiger partial charge on any atom is 0.266 e. The number of halogens is 2. The van der Waals surface area contributed by atoms with Gasteiger partial charge in [-0.1, -0.05) is 71.4 Å². The summed E-state index contributed by atoms with van der Waals surface area (Å²) in [5, 5.41) is 5.86. The maximum atomic E-state index is 13.1. The van der Waals surface area contributed by atoms with E-state index in [4.69, 9.17) is 49.8 Å². The van der Waals surface area contributed by atoms with Crippen molar-refractivity contribution >= 4 is 73.6 Å². The summed E-state index contributed by atoms with van der Waals surface area (Å²) in [5.74, 6) is -0.419. The Bertz CT molecular complexity index is 1760. The first-order chi connectivity index (χ1) is 19.6. The topological polar surface area (TPSA) is 102 Å². The van der Waals surface area contributed by atoms with Gasteiger partial charge in [0.1, 0.15) is 16.7 Å². The number of benzene rings is 3. The van der Waals surface area contributed by atoms with E-state index < -0.39 is 21.8 Å². The molecule has 1 saturated heterocycles. The molecule has 1 aliphatic rings. The summed E-state index contributed by atoms with van der Waals surface area (Å²) in [7, 11) is -4.25. The van der Waals surface area contributed by atoms with Gasteiger partial charge in [-0.05, 0) is 54.6 Å². The zero-order valence-electron chi connectivity index (χ0n) is 21.1. The van der Waals surface area contributed by atoms with E-state index >= 15 is 0 Å². The summed E-state index contributed by atoms with van der Waals surface area (Å²) in [4.78, 5) is 14.5. The largest absolute Gasteiger partial charge is 0.489 e. The second kappa shape index (κ2) is 12.4. The van der Waals surface area contributed by atoms with E-state index in [-0.39, 0.29) is 17.5 Å². The molecule has 0 bridgehead atoms. The molecule has 0 atom stereocenters. The highest BCUT2D eigenvalue weighted by Crippen LogP contribution is 2.35. The third-order valence-corrected chi connectivity index (χ3v) is 8.70. The van der Waals surface area contributed by atoms with Crippen molar-refractivity contribution < 1.29 is 22.5 Å². The SMILES string of the molecule is O=C1/C(=C/c2cn(-c3ccccc3)nc2-c2ccc(OCc3ccc(Cl)cc3Cl)cc2)SC(=S)N1CCS(=O)(=O)O. The highest BCUT2D eigenvalue weighted by atomic mass is 35.5. The Morgan fingerprint density at radius 3 is 2.46 bits per heavy atom. The Morgan fingerprint density at radius 1 is 1.05 bits per heavy atom. The summed E-state index contributed by atoms with van der Waals surface area (Å²) >= 11 is 18.6. The van der Waals surface area contributed by atoms with Gasteiger partial charge in [0.15, 0.2) is 0 Å². The molecule has 4 aromatic rings. The molecule has 1 aliphatic heterocycles. The van der Waals surface area contributed by atoms with Crippen LogP contribution in [0.3, 0.4) is 0 Å². The Balaban J connectivity index is 1.43. The molecule has 0 unspecified atom stereocenters. The number of ether oxygens (including phenoxy) is 1. The molecule has 1 N–H and O–H groups in total. The van der Waals surface area contributed by atoms with Gasteiger partial charge in [0.2, 0.25) is 0 Å². The fraction of sp³-hybridized carbons (Fsp3) is 0.107. The number of thiocarbonyl (C=S) groups is 1. The molecule has 2 heterocycles. The van der Waals surface area contributed by atoms with Gasteiger partial charge in [-0.15, -0.1) is 0 Å². The molecule has 8 nitrogen and oxygen atoms in total. The van der Waals surface area contributed by atoms with E-state index in [0.717, 1.165) is 28.6 Å². The maximum absolute atomic E-state index is 13.1. The molecule has 0 aliphatic carbocycles. The number of nitrogens with zero attached hydrogens (tertiary/aromatic N) is 3. The van der Waals surface area contributed by atoms with Crippen LogP contribution in [0.2, 0.25) is 10.0 Å². The summed E-state index contributed by atoms with van der Waals surface area (Å²) < 4.78 is 39.3. The molecule has 3 aromatic carbocycles. The van der Waals surface area contributed by atoms with Gasteiger partial charge >= 0.3 is 0 Å². The molecule has 41 heavy (non-hydrogen) atoms. The average molecular weight is 647 g/mol. The minimum atomic E-state index is -4.25. The van der Waals surface area contributed by atoms with E-state index in [9.17, 15) is 13.2 Å². The molecule has 0 spiro atoms. The van der Waals surface area contributed by atoms with Crippen molar-refractivity contribution in [3.8, 4) is 22.7 Å². The van der Waals surface area contributed by atoms with Crippen molar-refractivity contribution in [1.29, 1.82) is 0 Å². The van der Waals surface area contributed by atoms with Crippen molar-refractivity contribution in [2.75, 3.05) is 12.3 Å². The second-order valence-corrected chi connectivity index (χ2v) is 13.0. The van der Waals surface area contributed by atoms with Gasteiger partial charge in [0.25, 0.3) is 16.0 Å². The van der Waals surface area contributed by atoms with Crippen molar-refractivity contribution in [3.63, 3.8) is 0 Å². The van der Waals surface area contributed by atoms with Crippen LogP contribution in [-0.4, -0.2) is 50.2 Å². The summed E-state index contributed by atoms with van der Waals surface area (Å²) in [6, 6.07) is 22.1. The van der Waals surface area contributed by atoms with Gasteiger partial charge < -0.3 is 4.74 Å². The van der Waals surface area contributed by atoms with Crippen molar-refractivity contribution in [1.82, 2.24) is 14.7 Å². The Hall–Kier alpha value is -3.19. The highest BCUT2D eigenvalue weighted by molar-refractivity contribution is 8.26. The first-order valence-electron chi connectivity index (χ1n) is 12.1. The molecule has 0 saturated carbocycles. The average Bonchev–Trinajstić information content (AvgIpc) is 3.47. The standard InChI is InChI=1S/C28H21Cl2N3O5S3/c29-21-9-6-19(24(30)15-21)17-38-23-10-7-18(8-11-23)26-20(16-33(31-26)22-4-2-1-3-5-22)14-25-27(34)32(28(39)40-25)12-13-41(35,36)37/h1-11,14-16H,12-13,17H2,(H,35,36,37)/b25-14-. The molecular weight excluding hydrogens is 625 g/mol. The van der Waals surface area contributed by atoms with E-state index in [0.29, 0.717) is 32.0 Å². The summed E-state index contributed by atoms with van der Waals surface area (Å²) in [6.07, 6.45) is 3.49. The van der Waals surface area contributed by atoms with Crippen LogP contribution in [0.1, 0.15) is 11.1 Å². The number of hydrogen-bond acceptors (Lipinski definition) is 7. The van der Waals surface area contributed by atoms with E-state index in [1.807, 2.05) is 66.9 Å². The lowest BCUT2D eigenvalue weighted by molar-refractivity contribution is -0.121. The molecule has 0 radical (unpaired) electrons. The lowest BCUT2D eigenvalue weighted by Gasteiger charge is -2.12. The van der Waals surface area contributed by atoms with Gasteiger partial charge in [-0.2, -0.15) is 13.5 Å². The number of amides is 1. The molecule has 210 valence electrons. The minimum Gasteiger partial charge on any atom is -0.489 e. The monoisotopic (exact) mass is 645 g/mol. The zero-order valence-corrected chi connectivity index (χ0v) is 25.1. The Morgan fingerprint density at radius 2 is 1.78 bits per heavy atom. The van der Waals surface area contributed by atoms with Gasteiger partial charge in [0.05, 0.1) is 22.0 Å². The van der Waals surface area contributed by atoms with Crippen molar-refractivity contribution in [3.05, 3.63) is 105 Å². The van der Waals surface area contributed by atoms with Crippen LogP contribution in [0.25, 0.3) is 23.0 Å². The van der Waals surface area contributed by atoms with Crippen molar-refractivity contribution in [2.24, 2.45) is 0 Å². The van der Waals surface area contributed by atoms with Crippen LogP contribution < -0.4 is 4.74 Å². The van der Waals surface area contributed by atoms with Gasteiger partial charge in [-0.3, -0.25) is 14.2 Å². The number of aromatic nitrogens is 2. The number of para-hydroxylation sites is 1. The van der Waals surface area contributed by atoms with E-state index in [1.54, 1.807) is 22.9 Å². The molecule has 1 aromatic heterocycles. The third kappa shape index (κ3) is 7.18. The number of hydrogen-bond donors (Lipinski definition) is 1. The van der Waals surface area contributed by atoms with Crippen LogP contribution >= 0.6 is 47.2 Å². The van der Waals surface area contributed by atoms with Gasteiger partial charge in [0, 0.05) is 39.5 Å². The minimum absolute atomic E-state index is 0.212. The van der Waals surface area contributed by atoms with Gasteiger partial charge in [-0.25, -0.2) is 4.68 Å². The second-order valence-electron chi connectivity index (χ2n) is 8.88. The highest BCUT2D eigenvalue weighted by Gasteiger charge is 2.33. The van der Waals surface area contributed by atoms with Crippen LogP contribution in [-0.2, 0) is 21.5 Å². The smallest absolute Gasteiger partial charge is 0.266 e. The molecule has 5 rings (SSSR count). The summed E-state index contributed by atoms with van der Waals surface area (Å²) in [5.41, 5.74) is 3.69. The van der Waals surface area contributed by atoms with Crippen LogP contribution in [0.4, 0.5) is 0 Å². The molecular formula is C28H21Cl2N3O5S3. The Labute approximate surface area is 256 Å². The Kier molecular flexibility index (Phi) is 8.83. The number of rotatable bonds is 9. The number of carbonyl (C=O) groups excluding carboxylic acids is 1. The fourth-order valence-corrected chi connectivity index (χ4v) is 6.16. The molecule has 13 heteroatoms. The first kappa shape index (κ1) is 29.3. The summed E-state index contributed by atoms with van der Waals surface area (Å²) in [6.45, 7) is 0.0301. The normalized spacial score (nSPS) is 14.7. The third-order valence-electron chi connectivity index (χ3n) is 6.03. The quantitative estimate of drug-likeness (QED) is 0.125. The molecule has 1 fully saturated rings. The number of thioether (sulfide) groups is 1. The van der Waals surface area contributed by atoms with Crippen LogP contribution in [0, 0.1) is 0 Å². The van der Waals surface area contributed by atoms with E-state index in [2.05, 4.69) is 0 Å². The van der Waals surface area contributed by atoms with E-state index in [1.165, 1.54) is 4.90 Å². The van der Waals surface area contributed by atoms with Crippen LogP contribution in [0.15, 0.2) is 83.9 Å². The fourth-order valence-electron chi connectivity index (χ4n) is 3.98.